The molecule has 0 amide bonds. The zero-order valence-corrected chi connectivity index (χ0v) is 17.7. The zero-order chi connectivity index (χ0) is 18.3. The highest BCUT2D eigenvalue weighted by atomic mass is 32.2. The molecule has 0 spiro atoms. The predicted molar refractivity (Wildman–Crippen MR) is 112 cm³/mol. The van der Waals surface area contributed by atoms with Gasteiger partial charge in [-0.15, -0.1) is 22.7 Å². The number of thiophene rings is 2. The van der Waals surface area contributed by atoms with Crippen LogP contribution >= 0.6 is 34.4 Å². The number of carbonyl (C=O) groups is 1. The molecular weight excluding hydrogens is 380 g/mol. The molecule has 26 heavy (non-hydrogen) atoms. The van der Waals surface area contributed by atoms with Crippen molar-refractivity contribution in [2.45, 2.75) is 51.0 Å². The van der Waals surface area contributed by atoms with Gasteiger partial charge in [0.05, 0.1) is 10.6 Å². The first-order chi connectivity index (χ1) is 12.5. The van der Waals surface area contributed by atoms with E-state index in [9.17, 15) is 4.79 Å². The molecule has 0 aliphatic heterocycles. The molecule has 0 saturated carbocycles. The standard InChI is InChI=1S/C20H22N2OS3/c1-11(2)18-21-19(25-10-14(23)15-5-4-8-24-15)17-13-7-6-12(3)9-16(13)26-20(17)22-18/h4-5,8,11-12H,6-7,9-10H2,1-3H3/t12-/m1/s1. The minimum absolute atomic E-state index is 0.181. The van der Waals surface area contributed by atoms with Crippen molar-refractivity contribution in [1.29, 1.82) is 0 Å². The lowest BCUT2D eigenvalue weighted by atomic mass is 9.89. The van der Waals surface area contributed by atoms with E-state index in [1.807, 2.05) is 28.8 Å². The number of ketones is 1. The Kier molecular flexibility index (Phi) is 5.17. The van der Waals surface area contributed by atoms with Crippen LogP contribution in [0.1, 0.15) is 59.0 Å². The normalized spacial score (nSPS) is 17.0. The second-order valence-corrected chi connectivity index (χ2v) is 10.3. The van der Waals surface area contributed by atoms with Crippen LogP contribution in [0.3, 0.4) is 0 Å². The minimum atomic E-state index is 0.181. The SMILES string of the molecule is CC(C)c1nc(SCC(=O)c2cccs2)c2c3c(sc2n1)C[C@H](C)CC3. The average molecular weight is 403 g/mol. The summed E-state index contributed by atoms with van der Waals surface area (Å²) in [5.74, 6) is 2.52. The van der Waals surface area contributed by atoms with Crippen LogP contribution < -0.4 is 0 Å². The third kappa shape index (κ3) is 3.47. The van der Waals surface area contributed by atoms with Gasteiger partial charge in [-0.2, -0.15) is 0 Å². The van der Waals surface area contributed by atoms with Crippen molar-refractivity contribution in [2.24, 2.45) is 5.92 Å². The largest absolute Gasteiger partial charge is 0.292 e. The van der Waals surface area contributed by atoms with Crippen molar-refractivity contribution in [2.75, 3.05) is 5.75 Å². The number of aromatic nitrogens is 2. The summed E-state index contributed by atoms with van der Waals surface area (Å²) in [7, 11) is 0. The summed E-state index contributed by atoms with van der Waals surface area (Å²) in [5.41, 5.74) is 1.43. The van der Waals surface area contributed by atoms with E-state index in [-0.39, 0.29) is 11.7 Å². The lowest BCUT2D eigenvalue weighted by Gasteiger charge is -2.18. The van der Waals surface area contributed by atoms with E-state index in [1.54, 1.807) is 11.8 Å². The van der Waals surface area contributed by atoms with Crippen molar-refractivity contribution < 1.29 is 4.79 Å². The molecule has 3 heterocycles. The maximum absolute atomic E-state index is 12.5. The number of thioether (sulfide) groups is 1. The maximum Gasteiger partial charge on any atom is 0.183 e. The number of fused-ring (bicyclic) bond motifs is 3. The van der Waals surface area contributed by atoms with Gasteiger partial charge in [-0.1, -0.05) is 38.6 Å². The Morgan fingerprint density at radius 2 is 2.23 bits per heavy atom. The van der Waals surface area contributed by atoms with E-state index in [1.165, 1.54) is 33.6 Å². The third-order valence-electron chi connectivity index (χ3n) is 4.79. The molecule has 1 atom stereocenters. The molecule has 1 aliphatic rings. The highest BCUT2D eigenvalue weighted by molar-refractivity contribution is 8.00. The summed E-state index contributed by atoms with van der Waals surface area (Å²) in [6.07, 6.45) is 3.47. The average Bonchev–Trinajstić information content (AvgIpc) is 3.26. The number of hydrogen-bond donors (Lipinski definition) is 0. The van der Waals surface area contributed by atoms with Crippen LogP contribution in [0.25, 0.3) is 10.2 Å². The molecule has 0 aromatic carbocycles. The smallest absolute Gasteiger partial charge is 0.183 e. The van der Waals surface area contributed by atoms with Crippen LogP contribution in [0.5, 0.6) is 0 Å². The second kappa shape index (κ2) is 7.41. The molecule has 0 bridgehead atoms. The molecule has 4 rings (SSSR count). The van der Waals surface area contributed by atoms with Gasteiger partial charge in [-0.3, -0.25) is 4.79 Å². The molecule has 0 fully saturated rings. The van der Waals surface area contributed by atoms with Crippen molar-refractivity contribution in [3.63, 3.8) is 0 Å². The Hall–Kier alpha value is -1.24. The minimum Gasteiger partial charge on any atom is -0.292 e. The molecule has 6 heteroatoms. The van der Waals surface area contributed by atoms with Crippen LogP contribution in [0.15, 0.2) is 22.5 Å². The van der Waals surface area contributed by atoms with Crippen LogP contribution in [-0.4, -0.2) is 21.5 Å². The van der Waals surface area contributed by atoms with E-state index < -0.39 is 0 Å². The summed E-state index contributed by atoms with van der Waals surface area (Å²) in [4.78, 5) is 25.6. The molecular formula is C20H22N2OS3. The van der Waals surface area contributed by atoms with Crippen LogP contribution in [0.2, 0.25) is 0 Å². The van der Waals surface area contributed by atoms with E-state index in [2.05, 4.69) is 20.8 Å². The molecule has 3 aromatic rings. The van der Waals surface area contributed by atoms with Gasteiger partial charge in [-0.25, -0.2) is 9.97 Å². The lowest BCUT2D eigenvalue weighted by Crippen LogP contribution is -2.09. The molecule has 0 N–H and O–H groups in total. The van der Waals surface area contributed by atoms with Gasteiger partial charge in [0.15, 0.2) is 5.78 Å². The first kappa shape index (κ1) is 18.1. The van der Waals surface area contributed by atoms with Crippen molar-refractivity contribution in [1.82, 2.24) is 9.97 Å². The summed E-state index contributed by atoms with van der Waals surface area (Å²) < 4.78 is 0. The van der Waals surface area contributed by atoms with Gasteiger partial charge in [-0.05, 0) is 42.2 Å². The zero-order valence-electron chi connectivity index (χ0n) is 15.2. The highest BCUT2D eigenvalue weighted by Gasteiger charge is 2.25. The highest BCUT2D eigenvalue weighted by Crippen LogP contribution is 2.41. The Bertz CT molecular complexity index is 944. The third-order valence-corrected chi connectivity index (χ3v) is 7.83. The van der Waals surface area contributed by atoms with Crippen molar-refractivity contribution in [3.05, 3.63) is 38.7 Å². The first-order valence-electron chi connectivity index (χ1n) is 9.04. The molecule has 0 unspecified atom stereocenters. The fourth-order valence-corrected chi connectivity index (χ4v) is 6.49. The van der Waals surface area contributed by atoms with Gasteiger partial charge in [0.1, 0.15) is 15.7 Å². The van der Waals surface area contributed by atoms with E-state index in [0.717, 1.165) is 39.3 Å². The van der Waals surface area contributed by atoms with Gasteiger partial charge < -0.3 is 0 Å². The molecule has 3 nitrogen and oxygen atoms in total. The van der Waals surface area contributed by atoms with Gasteiger partial charge in [0.25, 0.3) is 0 Å². The lowest BCUT2D eigenvalue weighted by molar-refractivity contribution is 0.102. The number of nitrogens with zero attached hydrogens (tertiary/aromatic N) is 2. The maximum atomic E-state index is 12.5. The molecule has 1 aliphatic carbocycles. The molecule has 0 radical (unpaired) electrons. The molecule has 0 saturated heterocycles. The summed E-state index contributed by atoms with van der Waals surface area (Å²) in [5, 5.41) is 4.16. The van der Waals surface area contributed by atoms with Crippen LogP contribution in [0, 0.1) is 5.92 Å². The van der Waals surface area contributed by atoms with Gasteiger partial charge >= 0.3 is 0 Å². The Morgan fingerprint density at radius 1 is 1.38 bits per heavy atom. The predicted octanol–water partition coefficient (Wildman–Crippen LogP) is 5.98. The number of hydrogen-bond acceptors (Lipinski definition) is 6. The Balaban J connectivity index is 1.72. The monoisotopic (exact) mass is 402 g/mol. The number of rotatable bonds is 5. The number of aryl methyl sites for hydroxylation is 1. The van der Waals surface area contributed by atoms with Crippen molar-refractivity contribution >= 4 is 50.4 Å². The van der Waals surface area contributed by atoms with E-state index >= 15 is 0 Å². The van der Waals surface area contributed by atoms with E-state index in [4.69, 9.17) is 9.97 Å². The second-order valence-electron chi connectivity index (χ2n) is 7.26. The number of carbonyl (C=O) groups excluding carboxylic acids is 1. The fourth-order valence-electron chi connectivity index (χ4n) is 3.33. The Labute approximate surface area is 166 Å². The fraction of sp³-hybridized carbons (Fsp3) is 0.450. The topological polar surface area (TPSA) is 42.9 Å². The van der Waals surface area contributed by atoms with E-state index in [0.29, 0.717) is 5.75 Å². The molecule has 3 aromatic heterocycles. The Morgan fingerprint density at radius 3 is 2.96 bits per heavy atom. The quantitative estimate of drug-likeness (QED) is 0.299. The summed E-state index contributed by atoms with van der Waals surface area (Å²) in [6.45, 7) is 6.58. The van der Waals surface area contributed by atoms with Gasteiger partial charge in [0, 0.05) is 16.2 Å². The number of Topliss-reactive ketones (excluding diaryl/α,β-unsaturated/α-hetero) is 1. The van der Waals surface area contributed by atoms with Crippen molar-refractivity contribution in [3.8, 4) is 0 Å². The van der Waals surface area contributed by atoms with Gasteiger partial charge in [0.2, 0.25) is 0 Å². The summed E-state index contributed by atoms with van der Waals surface area (Å²) in [6, 6.07) is 3.83. The summed E-state index contributed by atoms with van der Waals surface area (Å²) >= 11 is 4.92. The van der Waals surface area contributed by atoms with Crippen LogP contribution in [0.4, 0.5) is 0 Å². The van der Waals surface area contributed by atoms with Crippen LogP contribution in [-0.2, 0) is 12.8 Å². The molecule has 136 valence electrons. The first-order valence-corrected chi connectivity index (χ1v) is 11.7.